The van der Waals surface area contributed by atoms with E-state index in [0.717, 1.165) is 30.4 Å². The number of anilines is 1. The summed E-state index contributed by atoms with van der Waals surface area (Å²) in [5, 5.41) is 8.31. The number of halogens is 2. The number of aromatic nitrogens is 2. The van der Waals surface area contributed by atoms with E-state index in [-0.39, 0.29) is 12.4 Å². The van der Waals surface area contributed by atoms with Crippen LogP contribution in [0.3, 0.4) is 0 Å². The molecule has 2 aromatic rings. The molecule has 18 heavy (non-hydrogen) atoms. The van der Waals surface area contributed by atoms with E-state index in [1.807, 2.05) is 18.2 Å². The topological polar surface area (TPSA) is 49.8 Å². The van der Waals surface area contributed by atoms with E-state index in [2.05, 4.69) is 20.6 Å². The van der Waals surface area contributed by atoms with Crippen LogP contribution in [0, 0.1) is 0 Å². The Balaban J connectivity index is 0.00000120. The van der Waals surface area contributed by atoms with Gasteiger partial charge in [-0.05, 0) is 31.2 Å². The number of nitrogens with one attached hydrogen (secondary N) is 2. The monoisotopic (exact) mass is 284 g/mol. The second-order valence-corrected chi connectivity index (χ2v) is 4.67. The van der Waals surface area contributed by atoms with Crippen LogP contribution in [0.15, 0.2) is 24.4 Å². The highest BCUT2D eigenvalue weighted by molar-refractivity contribution is 6.31. The Labute approximate surface area is 117 Å². The molecular formula is C12H14Cl2N4. The molecule has 4 nitrogen and oxygen atoms in total. The van der Waals surface area contributed by atoms with Crippen LogP contribution in [0.25, 0.3) is 10.9 Å². The van der Waals surface area contributed by atoms with Gasteiger partial charge >= 0.3 is 0 Å². The first-order valence-electron chi connectivity index (χ1n) is 5.71. The van der Waals surface area contributed by atoms with Gasteiger partial charge in [0.2, 0.25) is 5.95 Å². The summed E-state index contributed by atoms with van der Waals surface area (Å²) >= 11 is 5.92. The van der Waals surface area contributed by atoms with Crippen molar-refractivity contribution < 1.29 is 0 Å². The largest absolute Gasteiger partial charge is 0.350 e. The van der Waals surface area contributed by atoms with Gasteiger partial charge in [0.25, 0.3) is 0 Å². The zero-order valence-electron chi connectivity index (χ0n) is 9.69. The molecule has 1 aromatic carbocycles. The van der Waals surface area contributed by atoms with E-state index in [1.165, 1.54) is 0 Å². The summed E-state index contributed by atoms with van der Waals surface area (Å²) in [4.78, 5) is 8.77. The van der Waals surface area contributed by atoms with Crippen LogP contribution in [0.5, 0.6) is 0 Å². The molecular weight excluding hydrogens is 271 g/mol. The quantitative estimate of drug-likeness (QED) is 0.890. The Morgan fingerprint density at radius 2 is 2.28 bits per heavy atom. The number of nitrogens with zero attached hydrogens (tertiary/aromatic N) is 2. The van der Waals surface area contributed by atoms with Crippen molar-refractivity contribution in [2.24, 2.45) is 0 Å². The minimum Gasteiger partial charge on any atom is -0.350 e. The molecule has 0 radical (unpaired) electrons. The number of hydrogen-bond acceptors (Lipinski definition) is 4. The summed E-state index contributed by atoms with van der Waals surface area (Å²) in [6.45, 7) is 2.03. The first-order valence-corrected chi connectivity index (χ1v) is 6.08. The summed E-state index contributed by atoms with van der Waals surface area (Å²) in [5.41, 5.74) is 0.915. The van der Waals surface area contributed by atoms with Crippen molar-refractivity contribution in [2.45, 2.75) is 12.5 Å². The molecule has 1 aliphatic rings. The van der Waals surface area contributed by atoms with Gasteiger partial charge in [-0.25, -0.2) is 9.97 Å². The average Bonchev–Trinajstić information content (AvgIpc) is 2.82. The molecule has 96 valence electrons. The Morgan fingerprint density at radius 3 is 3.06 bits per heavy atom. The third-order valence-corrected chi connectivity index (χ3v) is 3.17. The molecule has 0 spiro atoms. The second kappa shape index (κ2) is 5.69. The fraction of sp³-hybridized carbons (Fsp3) is 0.333. The van der Waals surface area contributed by atoms with E-state index < -0.39 is 0 Å². The van der Waals surface area contributed by atoms with Crippen molar-refractivity contribution in [1.29, 1.82) is 0 Å². The molecule has 0 bridgehead atoms. The zero-order valence-corrected chi connectivity index (χ0v) is 11.3. The van der Waals surface area contributed by atoms with Crippen LogP contribution in [0.4, 0.5) is 5.95 Å². The van der Waals surface area contributed by atoms with Crippen LogP contribution in [-0.2, 0) is 0 Å². The summed E-state index contributed by atoms with van der Waals surface area (Å²) < 4.78 is 0. The minimum atomic E-state index is 0. The van der Waals surface area contributed by atoms with E-state index in [1.54, 1.807) is 6.20 Å². The molecule has 1 aliphatic heterocycles. The predicted molar refractivity (Wildman–Crippen MR) is 76.7 cm³/mol. The summed E-state index contributed by atoms with van der Waals surface area (Å²) in [5.74, 6) is 0.688. The summed E-state index contributed by atoms with van der Waals surface area (Å²) in [6.07, 6.45) is 2.92. The van der Waals surface area contributed by atoms with Gasteiger partial charge in [0.15, 0.2) is 0 Å². The minimum absolute atomic E-state index is 0. The van der Waals surface area contributed by atoms with Crippen molar-refractivity contribution in [2.75, 3.05) is 18.4 Å². The lowest BCUT2D eigenvalue weighted by molar-refractivity contribution is 0.782. The van der Waals surface area contributed by atoms with Crippen LogP contribution < -0.4 is 10.6 Å². The van der Waals surface area contributed by atoms with Crippen molar-refractivity contribution in [3.63, 3.8) is 0 Å². The van der Waals surface area contributed by atoms with E-state index >= 15 is 0 Å². The van der Waals surface area contributed by atoms with E-state index in [4.69, 9.17) is 11.6 Å². The van der Waals surface area contributed by atoms with Crippen LogP contribution >= 0.6 is 24.0 Å². The Kier molecular flexibility index (Phi) is 4.22. The number of benzene rings is 1. The Bertz CT molecular complexity index is 541. The highest BCUT2D eigenvalue weighted by atomic mass is 35.5. The molecule has 2 heterocycles. The van der Waals surface area contributed by atoms with Gasteiger partial charge in [0.1, 0.15) is 0 Å². The molecule has 0 unspecified atom stereocenters. The molecule has 0 amide bonds. The molecule has 0 aliphatic carbocycles. The lowest BCUT2D eigenvalue weighted by Crippen LogP contribution is -2.23. The summed E-state index contributed by atoms with van der Waals surface area (Å²) in [6, 6.07) is 6.06. The lowest BCUT2D eigenvalue weighted by Gasteiger charge is -2.11. The molecule has 3 rings (SSSR count). The molecule has 6 heteroatoms. The normalized spacial score (nSPS) is 18.6. The molecule has 2 N–H and O–H groups in total. The maximum absolute atomic E-state index is 5.92. The molecule has 0 saturated carbocycles. The van der Waals surface area contributed by atoms with Gasteiger partial charge in [0, 0.05) is 29.2 Å². The Morgan fingerprint density at radius 1 is 1.39 bits per heavy atom. The maximum atomic E-state index is 5.92. The fourth-order valence-corrected chi connectivity index (χ4v) is 2.21. The summed E-state index contributed by atoms with van der Waals surface area (Å²) in [7, 11) is 0. The zero-order chi connectivity index (χ0) is 11.7. The lowest BCUT2D eigenvalue weighted by atomic mass is 10.2. The molecule has 1 fully saturated rings. The van der Waals surface area contributed by atoms with Crippen LogP contribution in [0.2, 0.25) is 5.02 Å². The SMILES string of the molecule is Cl.Clc1ccc2nc(N[C@@H]3CCNC3)ncc2c1. The van der Waals surface area contributed by atoms with Gasteiger partial charge < -0.3 is 10.6 Å². The molecule has 1 aromatic heterocycles. The number of fused-ring (bicyclic) bond motifs is 1. The average molecular weight is 285 g/mol. The second-order valence-electron chi connectivity index (χ2n) is 4.23. The van der Waals surface area contributed by atoms with Gasteiger partial charge in [-0.3, -0.25) is 0 Å². The third kappa shape index (κ3) is 2.83. The highest BCUT2D eigenvalue weighted by Crippen LogP contribution is 2.18. The van der Waals surface area contributed by atoms with Crippen LogP contribution in [-0.4, -0.2) is 29.1 Å². The smallest absolute Gasteiger partial charge is 0.223 e. The maximum Gasteiger partial charge on any atom is 0.223 e. The highest BCUT2D eigenvalue weighted by Gasteiger charge is 2.14. The fourth-order valence-electron chi connectivity index (χ4n) is 2.03. The number of rotatable bonds is 2. The van der Waals surface area contributed by atoms with Crippen molar-refractivity contribution in [1.82, 2.24) is 15.3 Å². The molecule has 1 atom stereocenters. The standard InChI is InChI=1S/C12H13ClN4.ClH/c13-9-1-2-11-8(5-9)6-15-12(17-11)16-10-3-4-14-7-10;/h1-2,5-6,10,14H,3-4,7H2,(H,15,16,17);1H/t10-;/m1./s1. The van der Waals surface area contributed by atoms with Crippen LogP contribution in [0.1, 0.15) is 6.42 Å². The van der Waals surface area contributed by atoms with Gasteiger partial charge in [-0.15, -0.1) is 12.4 Å². The first-order chi connectivity index (χ1) is 8.31. The van der Waals surface area contributed by atoms with Gasteiger partial charge in [-0.1, -0.05) is 11.6 Å². The Hall–Kier alpha value is -1.10. The number of hydrogen-bond donors (Lipinski definition) is 2. The molecule has 1 saturated heterocycles. The van der Waals surface area contributed by atoms with E-state index in [9.17, 15) is 0 Å². The van der Waals surface area contributed by atoms with Crippen molar-refractivity contribution >= 4 is 40.9 Å². The van der Waals surface area contributed by atoms with Crippen molar-refractivity contribution in [3.05, 3.63) is 29.4 Å². The predicted octanol–water partition coefficient (Wildman–Crippen LogP) is 2.48. The van der Waals surface area contributed by atoms with E-state index in [0.29, 0.717) is 17.0 Å². The van der Waals surface area contributed by atoms with Gasteiger partial charge in [-0.2, -0.15) is 0 Å². The third-order valence-electron chi connectivity index (χ3n) is 2.94. The van der Waals surface area contributed by atoms with Gasteiger partial charge in [0.05, 0.1) is 5.52 Å². The first kappa shape index (κ1) is 13.3. The van der Waals surface area contributed by atoms with Crippen molar-refractivity contribution in [3.8, 4) is 0 Å².